The number of rotatable bonds is 5. The molecule has 2 aromatic heterocycles. The number of nitrogens with zero attached hydrogens (tertiary/aromatic N) is 3. The van der Waals surface area contributed by atoms with E-state index in [1.807, 2.05) is 48.9 Å². The van der Waals surface area contributed by atoms with E-state index < -0.39 is 0 Å². The highest BCUT2D eigenvalue weighted by atomic mass is 16.1. The van der Waals surface area contributed by atoms with Crippen molar-refractivity contribution in [2.45, 2.75) is 27.3 Å². The fourth-order valence-corrected chi connectivity index (χ4v) is 2.77. The number of fused-ring (bicyclic) bond motifs is 1. The Labute approximate surface area is 141 Å². The predicted octanol–water partition coefficient (Wildman–Crippen LogP) is 3.11. The van der Waals surface area contributed by atoms with Crippen LogP contribution in [0.3, 0.4) is 0 Å². The Balaban J connectivity index is 1.60. The molecule has 3 rings (SSSR count). The number of hydrogen-bond donors (Lipinski definition) is 1. The minimum atomic E-state index is -0.138. The molecule has 0 saturated carbocycles. The summed E-state index contributed by atoms with van der Waals surface area (Å²) in [5.41, 5.74) is 3.44. The number of aromatic nitrogens is 3. The first-order chi connectivity index (χ1) is 11.5. The molecule has 1 atom stereocenters. The number of benzene rings is 1. The van der Waals surface area contributed by atoms with Crippen molar-refractivity contribution in [3.8, 4) is 0 Å². The summed E-state index contributed by atoms with van der Waals surface area (Å²) in [6, 6.07) is 13.5. The molecule has 0 spiro atoms. The van der Waals surface area contributed by atoms with E-state index in [-0.39, 0.29) is 11.8 Å². The number of carbonyl (C=O) groups is 1. The molecular weight excluding hydrogens is 300 g/mol. The zero-order chi connectivity index (χ0) is 17.1. The minimum absolute atomic E-state index is 0.138. The van der Waals surface area contributed by atoms with E-state index in [0.29, 0.717) is 12.2 Å². The van der Waals surface area contributed by atoms with Gasteiger partial charge in [0.05, 0.1) is 11.2 Å². The van der Waals surface area contributed by atoms with E-state index in [9.17, 15) is 4.79 Å². The molecule has 3 aromatic rings. The molecule has 1 N–H and O–H groups in total. The summed E-state index contributed by atoms with van der Waals surface area (Å²) in [5.74, 6) is 0.147. The van der Waals surface area contributed by atoms with E-state index in [4.69, 9.17) is 0 Å². The molecule has 0 aliphatic carbocycles. The highest BCUT2D eigenvalue weighted by Gasteiger charge is 2.11. The number of amides is 1. The fraction of sp³-hybridized carbons (Fsp3) is 0.316. The quantitative estimate of drug-likeness (QED) is 0.785. The lowest BCUT2D eigenvalue weighted by Crippen LogP contribution is -2.30. The largest absolute Gasteiger partial charge is 0.350 e. The van der Waals surface area contributed by atoms with Crippen LogP contribution in [0.2, 0.25) is 0 Å². The van der Waals surface area contributed by atoms with Crippen LogP contribution in [-0.2, 0) is 6.54 Å². The molecule has 0 radical (unpaired) electrons. The first kappa shape index (κ1) is 16.2. The minimum Gasteiger partial charge on any atom is -0.350 e. The van der Waals surface area contributed by atoms with Crippen molar-refractivity contribution < 1.29 is 4.79 Å². The van der Waals surface area contributed by atoms with Crippen molar-refractivity contribution in [1.82, 2.24) is 20.1 Å². The molecule has 5 heteroatoms. The summed E-state index contributed by atoms with van der Waals surface area (Å²) < 4.78 is 1.99. The number of nitrogens with one attached hydrogen (secondary N) is 1. The van der Waals surface area contributed by atoms with Gasteiger partial charge in [-0.2, -0.15) is 5.10 Å². The number of carbonyl (C=O) groups excluding carboxylic acids is 1. The van der Waals surface area contributed by atoms with Crippen LogP contribution in [-0.4, -0.2) is 27.2 Å². The van der Waals surface area contributed by atoms with E-state index >= 15 is 0 Å². The number of pyridine rings is 1. The third-order valence-electron chi connectivity index (χ3n) is 4.03. The van der Waals surface area contributed by atoms with Gasteiger partial charge in [0, 0.05) is 24.2 Å². The van der Waals surface area contributed by atoms with Crippen LogP contribution < -0.4 is 5.32 Å². The van der Waals surface area contributed by atoms with Gasteiger partial charge in [-0.05, 0) is 38.0 Å². The van der Waals surface area contributed by atoms with Crippen LogP contribution in [0, 0.1) is 19.8 Å². The van der Waals surface area contributed by atoms with Gasteiger partial charge < -0.3 is 5.32 Å². The van der Waals surface area contributed by atoms with Gasteiger partial charge in [-0.3, -0.25) is 9.48 Å². The number of para-hydroxylation sites is 1. The maximum absolute atomic E-state index is 12.3. The van der Waals surface area contributed by atoms with Crippen LogP contribution >= 0.6 is 0 Å². The van der Waals surface area contributed by atoms with Crippen molar-refractivity contribution in [3.05, 3.63) is 59.5 Å². The molecule has 5 nitrogen and oxygen atoms in total. The summed E-state index contributed by atoms with van der Waals surface area (Å²) in [6.07, 6.45) is 0. The van der Waals surface area contributed by atoms with Crippen LogP contribution in [0.5, 0.6) is 0 Å². The molecule has 0 bridgehead atoms. The molecule has 124 valence electrons. The predicted molar refractivity (Wildman–Crippen MR) is 94.9 cm³/mol. The SMILES string of the molecule is Cc1cc(C)n(CC(C)CNC(=O)c2ccc3ccccc3n2)n1. The van der Waals surface area contributed by atoms with Gasteiger partial charge in [-0.15, -0.1) is 0 Å². The average molecular weight is 322 g/mol. The van der Waals surface area contributed by atoms with Gasteiger partial charge in [-0.25, -0.2) is 4.98 Å². The summed E-state index contributed by atoms with van der Waals surface area (Å²) in [4.78, 5) is 16.7. The molecule has 0 aliphatic heterocycles. The van der Waals surface area contributed by atoms with Crippen molar-refractivity contribution >= 4 is 16.8 Å². The molecule has 1 unspecified atom stereocenters. The van der Waals surface area contributed by atoms with Crippen LogP contribution in [0.25, 0.3) is 10.9 Å². The molecule has 1 amide bonds. The van der Waals surface area contributed by atoms with Gasteiger partial charge in [-0.1, -0.05) is 31.2 Å². The molecular formula is C19H22N4O. The Morgan fingerprint density at radius 1 is 1.21 bits per heavy atom. The lowest BCUT2D eigenvalue weighted by atomic mass is 10.1. The topological polar surface area (TPSA) is 59.8 Å². The summed E-state index contributed by atoms with van der Waals surface area (Å²) >= 11 is 0. The maximum Gasteiger partial charge on any atom is 0.269 e. The second-order valence-electron chi connectivity index (χ2n) is 6.31. The fourth-order valence-electron chi connectivity index (χ4n) is 2.77. The lowest BCUT2D eigenvalue weighted by Gasteiger charge is -2.14. The molecule has 1 aromatic carbocycles. The smallest absolute Gasteiger partial charge is 0.269 e. The van der Waals surface area contributed by atoms with E-state index in [1.54, 1.807) is 6.07 Å². The van der Waals surface area contributed by atoms with Gasteiger partial charge >= 0.3 is 0 Å². The third kappa shape index (κ3) is 3.62. The van der Waals surface area contributed by atoms with E-state index in [1.165, 1.54) is 0 Å². The highest BCUT2D eigenvalue weighted by Crippen LogP contribution is 2.12. The zero-order valence-corrected chi connectivity index (χ0v) is 14.3. The monoisotopic (exact) mass is 322 g/mol. The Hall–Kier alpha value is -2.69. The van der Waals surface area contributed by atoms with Crippen LogP contribution in [0.1, 0.15) is 28.8 Å². The van der Waals surface area contributed by atoms with Crippen molar-refractivity contribution in [2.24, 2.45) is 5.92 Å². The van der Waals surface area contributed by atoms with Crippen LogP contribution in [0.4, 0.5) is 0 Å². The molecule has 2 heterocycles. The normalized spacial score (nSPS) is 12.3. The zero-order valence-electron chi connectivity index (χ0n) is 14.3. The standard InChI is InChI=1S/C19H22N4O/c1-13(12-23-15(3)10-14(2)22-23)11-20-19(24)18-9-8-16-6-4-5-7-17(16)21-18/h4-10,13H,11-12H2,1-3H3,(H,20,24). The van der Waals surface area contributed by atoms with E-state index in [0.717, 1.165) is 28.8 Å². The van der Waals surface area contributed by atoms with Gasteiger partial charge in [0.2, 0.25) is 0 Å². The second-order valence-corrected chi connectivity index (χ2v) is 6.31. The summed E-state index contributed by atoms with van der Waals surface area (Å²) in [5, 5.41) is 8.46. The Morgan fingerprint density at radius 3 is 2.75 bits per heavy atom. The molecule has 0 saturated heterocycles. The maximum atomic E-state index is 12.3. The van der Waals surface area contributed by atoms with Crippen molar-refractivity contribution in [1.29, 1.82) is 0 Å². The number of aryl methyl sites for hydroxylation is 2. The van der Waals surface area contributed by atoms with Gasteiger partial charge in [0.1, 0.15) is 5.69 Å². The molecule has 0 fully saturated rings. The van der Waals surface area contributed by atoms with E-state index in [2.05, 4.69) is 28.4 Å². The Morgan fingerprint density at radius 2 is 2.00 bits per heavy atom. The molecule has 24 heavy (non-hydrogen) atoms. The highest BCUT2D eigenvalue weighted by molar-refractivity contribution is 5.94. The summed E-state index contributed by atoms with van der Waals surface area (Å²) in [7, 11) is 0. The van der Waals surface area contributed by atoms with Gasteiger partial charge in [0.25, 0.3) is 5.91 Å². The number of hydrogen-bond acceptors (Lipinski definition) is 3. The first-order valence-electron chi connectivity index (χ1n) is 8.18. The van der Waals surface area contributed by atoms with Crippen molar-refractivity contribution in [2.75, 3.05) is 6.54 Å². The van der Waals surface area contributed by atoms with Gasteiger partial charge in [0.15, 0.2) is 0 Å². The molecule has 0 aliphatic rings. The third-order valence-corrected chi connectivity index (χ3v) is 4.03. The average Bonchev–Trinajstić information content (AvgIpc) is 2.89. The second kappa shape index (κ2) is 6.83. The lowest BCUT2D eigenvalue weighted by molar-refractivity contribution is 0.0942. The summed E-state index contributed by atoms with van der Waals surface area (Å²) in [6.45, 7) is 7.51. The first-order valence-corrected chi connectivity index (χ1v) is 8.18. The van der Waals surface area contributed by atoms with Crippen molar-refractivity contribution in [3.63, 3.8) is 0 Å². The Bertz CT molecular complexity index is 869. The Kier molecular flexibility index (Phi) is 4.60. The van der Waals surface area contributed by atoms with Crippen LogP contribution in [0.15, 0.2) is 42.5 Å².